The van der Waals surface area contributed by atoms with E-state index < -0.39 is 0 Å². The summed E-state index contributed by atoms with van der Waals surface area (Å²) in [6.07, 6.45) is 2.51. The van der Waals surface area contributed by atoms with Crippen LogP contribution in [0.15, 0.2) is 53.9 Å². The SMILES string of the molecule is COc1ccc(CN(Cc2csc(-c3ccc(F)cc3)n2)C2CC2)cc1. The van der Waals surface area contributed by atoms with Crippen LogP contribution in [0.25, 0.3) is 10.6 Å². The monoisotopic (exact) mass is 368 g/mol. The van der Waals surface area contributed by atoms with E-state index in [0.717, 1.165) is 35.1 Å². The highest BCUT2D eigenvalue weighted by molar-refractivity contribution is 7.13. The van der Waals surface area contributed by atoms with Gasteiger partial charge in [0.1, 0.15) is 16.6 Å². The van der Waals surface area contributed by atoms with Crippen molar-refractivity contribution in [1.82, 2.24) is 9.88 Å². The normalized spacial score (nSPS) is 14.0. The van der Waals surface area contributed by atoms with E-state index in [1.165, 1.54) is 30.5 Å². The molecule has 1 fully saturated rings. The fourth-order valence-corrected chi connectivity index (χ4v) is 3.85. The van der Waals surface area contributed by atoms with Crippen LogP contribution in [0.3, 0.4) is 0 Å². The van der Waals surface area contributed by atoms with Crippen LogP contribution in [0, 0.1) is 5.82 Å². The fraction of sp³-hybridized carbons (Fsp3) is 0.286. The number of hydrogen-bond donors (Lipinski definition) is 0. The van der Waals surface area contributed by atoms with E-state index in [1.807, 2.05) is 12.1 Å². The minimum atomic E-state index is -0.218. The van der Waals surface area contributed by atoms with Gasteiger partial charge in [-0.2, -0.15) is 0 Å². The van der Waals surface area contributed by atoms with Crippen LogP contribution < -0.4 is 4.74 Å². The maximum atomic E-state index is 13.1. The molecule has 0 spiro atoms. The van der Waals surface area contributed by atoms with Crippen molar-refractivity contribution in [2.45, 2.75) is 32.0 Å². The number of hydrogen-bond acceptors (Lipinski definition) is 4. The zero-order chi connectivity index (χ0) is 17.9. The Hall–Kier alpha value is -2.24. The standard InChI is InChI=1S/C21H21FN2OS/c1-25-20-10-2-15(3-11-20)12-24(19-8-9-19)13-18-14-26-21(23-18)16-4-6-17(22)7-5-16/h2-7,10-11,14,19H,8-9,12-13H2,1H3. The van der Waals surface area contributed by atoms with Crippen molar-refractivity contribution < 1.29 is 9.13 Å². The Kier molecular flexibility index (Phi) is 5.00. The summed E-state index contributed by atoms with van der Waals surface area (Å²) in [5.74, 6) is 0.667. The molecule has 2 aromatic carbocycles. The van der Waals surface area contributed by atoms with Gasteiger partial charge in [-0.05, 0) is 54.8 Å². The van der Waals surface area contributed by atoms with Gasteiger partial charge in [-0.25, -0.2) is 9.37 Å². The van der Waals surface area contributed by atoms with Crippen LogP contribution in [0.2, 0.25) is 0 Å². The number of benzene rings is 2. The summed E-state index contributed by atoms with van der Waals surface area (Å²) in [5, 5.41) is 3.06. The minimum absolute atomic E-state index is 0.218. The molecule has 0 N–H and O–H groups in total. The van der Waals surface area contributed by atoms with Crippen molar-refractivity contribution in [2.75, 3.05) is 7.11 Å². The smallest absolute Gasteiger partial charge is 0.123 e. The quantitative estimate of drug-likeness (QED) is 0.579. The van der Waals surface area contributed by atoms with Crippen molar-refractivity contribution in [3.05, 3.63) is 71.0 Å². The summed E-state index contributed by atoms with van der Waals surface area (Å²) in [6.45, 7) is 1.76. The predicted molar refractivity (Wildman–Crippen MR) is 103 cm³/mol. The first-order valence-electron chi connectivity index (χ1n) is 8.78. The highest BCUT2D eigenvalue weighted by Crippen LogP contribution is 2.31. The first-order valence-corrected chi connectivity index (χ1v) is 9.66. The second-order valence-corrected chi connectivity index (χ2v) is 7.49. The van der Waals surface area contributed by atoms with Gasteiger partial charge >= 0.3 is 0 Å². The Morgan fingerprint density at radius 3 is 2.46 bits per heavy atom. The van der Waals surface area contributed by atoms with Crippen LogP contribution in [0.1, 0.15) is 24.1 Å². The van der Waals surface area contributed by atoms with Gasteiger partial charge in [0.25, 0.3) is 0 Å². The first kappa shape index (κ1) is 17.2. The summed E-state index contributed by atoms with van der Waals surface area (Å²) in [7, 11) is 1.69. The number of methoxy groups -OCH3 is 1. The third kappa shape index (κ3) is 4.11. The van der Waals surface area contributed by atoms with Gasteiger partial charge in [0.15, 0.2) is 0 Å². The lowest BCUT2D eigenvalue weighted by molar-refractivity contribution is 0.243. The molecule has 0 unspecified atom stereocenters. The second kappa shape index (κ2) is 7.56. The average molecular weight is 368 g/mol. The number of rotatable bonds is 7. The molecule has 1 aliphatic rings. The molecular weight excluding hydrogens is 347 g/mol. The number of aromatic nitrogens is 1. The Morgan fingerprint density at radius 2 is 1.81 bits per heavy atom. The molecule has 0 radical (unpaired) electrons. The van der Waals surface area contributed by atoms with E-state index in [-0.39, 0.29) is 5.82 Å². The molecule has 1 heterocycles. The van der Waals surface area contributed by atoms with Gasteiger partial charge < -0.3 is 4.74 Å². The van der Waals surface area contributed by atoms with E-state index in [0.29, 0.717) is 6.04 Å². The van der Waals surface area contributed by atoms with Crippen LogP contribution in [-0.4, -0.2) is 23.0 Å². The molecule has 0 aliphatic heterocycles. The highest BCUT2D eigenvalue weighted by atomic mass is 32.1. The van der Waals surface area contributed by atoms with E-state index >= 15 is 0 Å². The maximum absolute atomic E-state index is 13.1. The molecule has 0 saturated heterocycles. The third-order valence-electron chi connectivity index (χ3n) is 4.62. The molecule has 1 saturated carbocycles. The summed E-state index contributed by atoms with van der Waals surface area (Å²) in [6, 6.07) is 15.5. The molecule has 3 aromatic rings. The Balaban J connectivity index is 1.46. The topological polar surface area (TPSA) is 25.4 Å². The molecule has 0 bridgehead atoms. The van der Waals surface area contributed by atoms with Crippen LogP contribution in [-0.2, 0) is 13.1 Å². The molecule has 134 valence electrons. The summed E-state index contributed by atoms with van der Waals surface area (Å²) in [5.41, 5.74) is 3.33. The zero-order valence-corrected chi connectivity index (χ0v) is 15.5. The third-order valence-corrected chi connectivity index (χ3v) is 5.56. The average Bonchev–Trinajstić information content (AvgIpc) is 3.42. The predicted octanol–water partition coefficient (Wildman–Crippen LogP) is 5.12. The fourth-order valence-electron chi connectivity index (χ4n) is 3.03. The molecule has 1 aliphatic carbocycles. The van der Waals surface area contributed by atoms with Crippen LogP contribution in [0.4, 0.5) is 4.39 Å². The maximum Gasteiger partial charge on any atom is 0.123 e. The van der Waals surface area contributed by atoms with Crippen molar-refractivity contribution in [3.63, 3.8) is 0 Å². The van der Waals surface area contributed by atoms with Gasteiger partial charge in [-0.1, -0.05) is 12.1 Å². The highest BCUT2D eigenvalue weighted by Gasteiger charge is 2.29. The summed E-state index contributed by atoms with van der Waals surface area (Å²) < 4.78 is 18.3. The van der Waals surface area contributed by atoms with Crippen molar-refractivity contribution in [1.29, 1.82) is 0 Å². The lowest BCUT2D eigenvalue weighted by Crippen LogP contribution is -2.25. The van der Waals surface area contributed by atoms with Gasteiger partial charge in [-0.15, -0.1) is 11.3 Å². The van der Waals surface area contributed by atoms with Gasteiger partial charge in [0.2, 0.25) is 0 Å². The molecule has 26 heavy (non-hydrogen) atoms. The van der Waals surface area contributed by atoms with E-state index in [9.17, 15) is 4.39 Å². The minimum Gasteiger partial charge on any atom is -0.497 e. The summed E-state index contributed by atoms with van der Waals surface area (Å²) in [4.78, 5) is 7.25. The first-order chi connectivity index (χ1) is 12.7. The zero-order valence-electron chi connectivity index (χ0n) is 14.7. The van der Waals surface area contributed by atoms with Crippen molar-refractivity contribution in [3.8, 4) is 16.3 Å². The summed E-state index contributed by atoms with van der Waals surface area (Å²) >= 11 is 1.62. The molecule has 0 amide bonds. The van der Waals surface area contributed by atoms with Gasteiger partial charge in [-0.3, -0.25) is 4.90 Å². The van der Waals surface area contributed by atoms with E-state index in [2.05, 4.69) is 22.4 Å². The molecule has 0 atom stereocenters. The van der Waals surface area contributed by atoms with Gasteiger partial charge in [0, 0.05) is 30.1 Å². The number of nitrogens with zero attached hydrogens (tertiary/aromatic N) is 2. The lowest BCUT2D eigenvalue weighted by atomic mass is 10.2. The second-order valence-electron chi connectivity index (χ2n) is 6.64. The Morgan fingerprint density at radius 1 is 1.08 bits per heavy atom. The largest absolute Gasteiger partial charge is 0.497 e. The van der Waals surface area contributed by atoms with Gasteiger partial charge in [0.05, 0.1) is 12.8 Å². The Labute approximate surface area is 157 Å². The Bertz CT molecular complexity index is 856. The number of ether oxygens (including phenoxy) is 1. The number of halogens is 1. The molecular formula is C21H21FN2OS. The molecule has 5 heteroatoms. The van der Waals surface area contributed by atoms with E-state index in [1.54, 1.807) is 30.6 Å². The molecule has 4 rings (SSSR count). The van der Waals surface area contributed by atoms with E-state index in [4.69, 9.17) is 9.72 Å². The molecule has 3 nitrogen and oxygen atoms in total. The van der Waals surface area contributed by atoms with Crippen molar-refractivity contribution >= 4 is 11.3 Å². The lowest BCUT2D eigenvalue weighted by Gasteiger charge is -2.21. The van der Waals surface area contributed by atoms with Crippen LogP contribution >= 0.6 is 11.3 Å². The number of thiazole rings is 1. The molecule has 1 aromatic heterocycles. The van der Waals surface area contributed by atoms with Crippen LogP contribution in [0.5, 0.6) is 5.75 Å². The van der Waals surface area contributed by atoms with Crippen molar-refractivity contribution in [2.24, 2.45) is 0 Å².